The summed E-state index contributed by atoms with van der Waals surface area (Å²) < 4.78 is 61.0. The first kappa shape index (κ1) is 29.9. The number of thiazole rings is 1. The van der Waals surface area contributed by atoms with Gasteiger partial charge < -0.3 is 14.2 Å². The van der Waals surface area contributed by atoms with Gasteiger partial charge >= 0.3 is 12.1 Å². The third-order valence-corrected chi connectivity index (χ3v) is 7.54. The van der Waals surface area contributed by atoms with E-state index in [1.807, 2.05) is 0 Å². The average Bonchev–Trinajstić information content (AvgIpc) is 3.21. The molecule has 1 atom stereocenters. The predicted octanol–water partition coefficient (Wildman–Crippen LogP) is 5.17. The van der Waals surface area contributed by atoms with Gasteiger partial charge in [0.15, 0.2) is 22.0 Å². The number of allylic oxidation sites excluding steroid dienone is 1. The van der Waals surface area contributed by atoms with Gasteiger partial charge in [-0.15, -0.1) is 0 Å². The van der Waals surface area contributed by atoms with Crippen molar-refractivity contribution in [3.8, 4) is 11.5 Å². The molecule has 3 aromatic rings. The van der Waals surface area contributed by atoms with E-state index in [0.29, 0.717) is 22.1 Å². The normalized spacial score (nSPS) is 15.4. The fraction of sp³-hybridized carbons (Fsp3) is 0.222. The van der Waals surface area contributed by atoms with Gasteiger partial charge in [-0.25, -0.2) is 9.79 Å². The lowest BCUT2D eigenvalue weighted by Gasteiger charge is -2.26. The van der Waals surface area contributed by atoms with Crippen LogP contribution >= 0.6 is 45.5 Å². The van der Waals surface area contributed by atoms with Crippen LogP contribution in [0, 0.1) is 3.57 Å². The van der Waals surface area contributed by atoms with Crippen molar-refractivity contribution in [3.63, 3.8) is 0 Å². The minimum atomic E-state index is -5.00. The molecule has 1 aliphatic heterocycles. The van der Waals surface area contributed by atoms with Crippen LogP contribution < -0.4 is 24.4 Å². The smallest absolute Gasteiger partial charge is 0.434 e. The van der Waals surface area contributed by atoms with Crippen molar-refractivity contribution in [2.75, 3.05) is 20.3 Å². The number of fused-ring (bicyclic) bond motifs is 1. The molecule has 7 nitrogen and oxygen atoms in total. The maximum Gasteiger partial charge on any atom is 0.434 e. The minimum Gasteiger partial charge on any atom is -0.493 e. The highest BCUT2D eigenvalue weighted by Crippen LogP contribution is 2.39. The number of rotatable bonds is 8. The number of ether oxygens (including phenoxy) is 3. The number of methoxy groups -OCH3 is 1. The number of aromatic nitrogens is 1. The standard InChI is InChI=1S/C27H21ClF3IN2O5S/c1-4-10-39-22-15(11-17(32)13-18(22)37-3)12-19-24(35)34-21(14-6-8-16(28)9-7-14)20(25(36)38-5-2)23(27(29,30)31)33-26(34)40-19/h4,6-9,11-13,21H,1,5,10H2,2-3H3/b19-12-/t21-/m1/s1. The Morgan fingerprint density at radius 3 is 2.58 bits per heavy atom. The Kier molecular flexibility index (Phi) is 9.10. The van der Waals surface area contributed by atoms with Gasteiger partial charge in [0.25, 0.3) is 5.56 Å². The number of alkyl halides is 3. The molecule has 1 aromatic heterocycles. The molecule has 13 heteroatoms. The molecule has 0 radical (unpaired) electrons. The van der Waals surface area contributed by atoms with Crippen LogP contribution in [0.25, 0.3) is 6.08 Å². The molecule has 40 heavy (non-hydrogen) atoms. The number of carbonyl (C=O) groups is 1. The zero-order chi connectivity index (χ0) is 29.2. The van der Waals surface area contributed by atoms with Crippen LogP contribution in [0.2, 0.25) is 5.02 Å². The van der Waals surface area contributed by atoms with Crippen LogP contribution in [0.15, 0.2) is 70.1 Å². The molecule has 0 unspecified atom stereocenters. The zero-order valence-electron chi connectivity index (χ0n) is 21.1. The lowest BCUT2D eigenvalue weighted by molar-refractivity contribution is -0.140. The predicted molar refractivity (Wildman–Crippen MR) is 154 cm³/mol. The summed E-state index contributed by atoms with van der Waals surface area (Å²) in [6, 6.07) is 7.84. The van der Waals surface area contributed by atoms with Gasteiger partial charge in [0.05, 0.1) is 29.9 Å². The molecular weight excluding hydrogens is 684 g/mol. The Balaban J connectivity index is 2.05. The fourth-order valence-electron chi connectivity index (χ4n) is 4.09. The fourth-order valence-corrected chi connectivity index (χ4v) is 5.82. The Morgan fingerprint density at radius 1 is 1.27 bits per heavy atom. The van der Waals surface area contributed by atoms with E-state index in [9.17, 15) is 22.8 Å². The van der Waals surface area contributed by atoms with Crippen LogP contribution in [0.3, 0.4) is 0 Å². The van der Waals surface area contributed by atoms with E-state index in [2.05, 4.69) is 34.2 Å². The highest BCUT2D eigenvalue weighted by Gasteiger charge is 2.45. The molecule has 0 amide bonds. The maximum atomic E-state index is 14.3. The highest BCUT2D eigenvalue weighted by molar-refractivity contribution is 14.1. The summed E-state index contributed by atoms with van der Waals surface area (Å²) >= 11 is 8.84. The SMILES string of the molecule is C=CCOc1c(/C=c2\sc3n(c2=O)[C@H](c2ccc(Cl)cc2)C(C(=O)OCC)=C(C(F)(F)F)N=3)cc(I)cc1OC. The van der Waals surface area contributed by atoms with Crippen molar-refractivity contribution in [3.05, 3.63) is 99.7 Å². The van der Waals surface area contributed by atoms with Gasteiger partial charge in [0, 0.05) is 14.2 Å². The van der Waals surface area contributed by atoms with Crippen LogP contribution in [-0.4, -0.2) is 37.0 Å². The number of esters is 1. The van der Waals surface area contributed by atoms with Crippen molar-refractivity contribution in [1.29, 1.82) is 0 Å². The number of hydrogen-bond donors (Lipinski definition) is 0. The lowest BCUT2D eigenvalue weighted by Crippen LogP contribution is -2.41. The molecule has 0 fully saturated rings. The summed E-state index contributed by atoms with van der Waals surface area (Å²) in [4.78, 5) is 30.3. The Hall–Kier alpha value is -3.10. The van der Waals surface area contributed by atoms with Gasteiger partial charge in [-0.1, -0.05) is 47.7 Å². The third kappa shape index (κ3) is 5.98. The molecule has 0 spiro atoms. The Labute approximate surface area is 249 Å². The molecule has 4 rings (SSSR count). The van der Waals surface area contributed by atoms with Crippen LogP contribution in [0.5, 0.6) is 11.5 Å². The van der Waals surface area contributed by atoms with Crippen LogP contribution in [0.1, 0.15) is 24.1 Å². The van der Waals surface area contributed by atoms with E-state index in [-0.39, 0.29) is 28.1 Å². The molecule has 0 saturated carbocycles. The van der Waals surface area contributed by atoms with Crippen molar-refractivity contribution < 1.29 is 32.2 Å². The average molecular weight is 705 g/mol. The Bertz CT molecular complexity index is 1680. The summed E-state index contributed by atoms with van der Waals surface area (Å²) in [5.41, 5.74) is -2.19. The zero-order valence-corrected chi connectivity index (χ0v) is 24.8. The van der Waals surface area contributed by atoms with E-state index in [0.717, 1.165) is 19.5 Å². The van der Waals surface area contributed by atoms with Crippen molar-refractivity contribution in [2.24, 2.45) is 4.99 Å². The van der Waals surface area contributed by atoms with Crippen molar-refractivity contribution in [1.82, 2.24) is 4.57 Å². The van der Waals surface area contributed by atoms with Crippen molar-refractivity contribution in [2.45, 2.75) is 19.1 Å². The highest BCUT2D eigenvalue weighted by atomic mass is 127. The molecule has 0 N–H and O–H groups in total. The summed E-state index contributed by atoms with van der Waals surface area (Å²) in [7, 11) is 1.46. The second-order valence-corrected chi connectivity index (χ2v) is 10.9. The number of hydrogen-bond acceptors (Lipinski definition) is 7. The molecule has 0 aliphatic carbocycles. The monoisotopic (exact) mass is 704 g/mol. The van der Waals surface area contributed by atoms with E-state index in [4.69, 9.17) is 25.8 Å². The number of halogens is 5. The molecule has 2 heterocycles. The number of benzene rings is 2. The molecule has 0 bridgehead atoms. The third-order valence-electron chi connectivity index (χ3n) is 5.68. The molecule has 2 aromatic carbocycles. The maximum absolute atomic E-state index is 14.3. The molecule has 0 saturated heterocycles. The first-order valence-corrected chi connectivity index (χ1v) is 13.9. The summed E-state index contributed by atoms with van der Waals surface area (Å²) in [6.45, 7) is 5.09. The summed E-state index contributed by atoms with van der Waals surface area (Å²) in [5, 5.41) is 0.327. The van der Waals surface area contributed by atoms with Crippen LogP contribution in [-0.2, 0) is 9.53 Å². The van der Waals surface area contributed by atoms with E-state index < -0.39 is 35.0 Å². The van der Waals surface area contributed by atoms with Gasteiger partial charge in [0.2, 0.25) is 0 Å². The second kappa shape index (κ2) is 12.2. The van der Waals surface area contributed by atoms with Gasteiger partial charge in [-0.2, -0.15) is 13.2 Å². The molecule has 1 aliphatic rings. The lowest BCUT2D eigenvalue weighted by atomic mass is 9.95. The summed E-state index contributed by atoms with van der Waals surface area (Å²) in [5.74, 6) is -0.503. The molecule has 210 valence electrons. The first-order valence-electron chi connectivity index (χ1n) is 11.7. The quantitative estimate of drug-likeness (QED) is 0.184. The largest absolute Gasteiger partial charge is 0.493 e. The topological polar surface area (TPSA) is 79.1 Å². The minimum absolute atomic E-state index is 0.0665. The van der Waals surface area contributed by atoms with E-state index >= 15 is 0 Å². The first-order chi connectivity index (χ1) is 19.0. The van der Waals surface area contributed by atoms with Gasteiger partial charge in [-0.05, 0) is 65.4 Å². The number of nitrogens with zero attached hydrogens (tertiary/aromatic N) is 2. The van der Waals surface area contributed by atoms with E-state index in [1.54, 1.807) is 12.1 Å². The summed E-state index contributed by atoms with van der Waals surface area (Å²) in [6.07, 6.45) is -1.97. The van der Waals surface area contributed by atoms with Crippen molar-refractivity contribution >= 4 is 57.6 Å². The van der Waals surface area contributed by atoms with Gasteiger partial charge in [-0.3, -0.25) is 9.36 Å². The Morgan fingerprint density at radius 2 is 1.98 bits per heavy atom. The van der Waals surface area contributed by atoms with Crippen LogP contribution in [0.4, 0.5) is 13.2 Å². The number of carbonyl (C=O) groups excluding carboxylic acids is 1. The molecular formula is C27H21ClF3IN2O5S. The second-order valence-electron chi connectivity index (χ2n) is 8.24. The van der Waals surface area contributed by atoms with Gasteiger partial charge in [0.1, 0.15) is 6.61 Å². The van der Waals surface area contributed by atoms with E-state index in [1.165, 1.54) is 50.5 Å².